The Balaban J connectivity index is 1.62. The molecule has 0 saturated heterocycles. The number of nitrogens with zero attached hydrogens (tertiary/aromatic N) is 1. The van der Waals surface area contributed by atoms with Crippen LogP contribution in [0.1, 0.15) is 11.3 Å². The third-order valence-corrected chi connectivity index (χ3v) is 3.99. The minimum Gasteiger partial charge on any atom is -0.488 e. The van der Waals surface area contributed by atoms with E-state index in [1.165, 1.54) is 24.3 Å². The van der Waals surface area contributed by atoms with E-state index in [-0.39, 0.29) is 24.7 Å². The Bertz CT molecular complexity index is 839. The van der Waals surface area contributed by atoms with Crippen molar-refractivity contribution in [2.45, 2.75) is 19.2 Å². The molecule has 0 bridgehead atoms. The monoisotopic (exact) mass is 373 g/mol. The number of para-hydroxylation sites is 1. The Morgan fingerprint density at radius 2 is 1.85 bits per heavy atom. The van der Waals surface area contributed by atoms with Crippen LogP contribution in [-0.4, -0.2) is 29.3 Å². The number of furan rings is 1. The maximum absolute atomic E-state index is 13.6. The zero-order chi connectivity index (χ0) is 19.1. The van der Waals surface area contributed by atoms with Crippen LogP contribution in [0.15, 0.2) is 71.3 Å². The van der Waals surface area contributed by atoms with E-state index in [0.29, 0.717) is 13.1 Å². The van der Waals surface area contributed by atoms with E-state index in [4.69, 9.17) is 9.15 Å². The van der Waals surface area contributed by atoms with Crippen LogP contribution in [0.25, 0.3) is 0 Å². The molecule has 3 rings (SSSR count). The molecule has 0 fully saturated rings. The summed E-state index contributed by atoms with van der Waals surface area (Å²) in [5.41, 5.74) is 0.781. The molecular formula is C21H21F2NO3. The summed E-state index contributed by atoms with van der Waals surface area (Å²) in [6.45, 7) is 1.07. The van der Waals surface area contributed by atoms with Gasteiger partial charge in [0.05, 0.1) is 12.8 Å². The van der Waals surface area contributed by atoms with Gasteiger partial charge >= 0.3 is 0 Å². The van der Waals surface area contributed by atoms with E-state index in [1.807, 2.05) is 17.0 Å². The summed E-state index contributed by atoms with van der Waals surface area (Å²) in [6, 6.07) is 16.0. The van der Waals surface area contributed by atoms with Crippen LogP contribution in [-0.2, 0) is 13.1 Å². The van der Waals surface area contributed by atoms with E-state index < -0.39 is 11.9 Å². The lowest BCUT2D eigenvalue weighted by atomic mass is 10.2. The van der Waals surface area contributed by atoms with E-state index in [2.05, 4.69) is 0 Å². The second kappa shape index (κ2) is 9.30. The Kier molecular flexibility index (Phi) is 6.57. The van der Waals surface area contributed by atoms with Gasteiger partial charge in [0.1, 0.15) is 24.3 Å². The lowest BCUT2D eigenvalue weighted by Crippen LogP contribution is -2.35. The van der Waals surface area contributed by atoms with Gasteiger partial charge in [0.2, 0.25) is 0 Å². The smallest absolute Gasteiger partial charge is 0.165 e. The van der Waals surface area contributed by atoms with Crippen molar-refractivity contribution in [1.82, 2.24) is 4.90 Å². The van der Waals surface area contributed by atoms with Crippen molar-refractivity contribution in [2.75, 3.05) is 13.2 Å². The number of halogens is 2. The number of aliphatic hydroxyl groups excluding tert-OH is 1. The molecule has 1 N–H and O–H groups in total. The predicted molar refractivity (Wildman–Crippen MR) is 97.1 cm³/mol. The summed E-state index contributed by atoms with van der Waals surface area (Å²) in [4.78, 5) is 1.92. The number of hydrogen-bond acceptors (Lipinski definition) is 4. The van der Waals surface area contributed by atoms with Crippen molar-refractivity contribution in [2.24, 2.45) is 0 Å². The minimum atomic E-state index is -0.854. The molecule has 6 heteroatoms. The molecule has 0 amide bonds. The van der Waals surface area contributed by atoms with Crippen LogP contribution >= 0.6 is 0 Å². The number of ether oxygens (including phenoxy) is 1. The highest BCUT2D eigenvalue weighted by Gasteiger charge is 2.16. The third-order valence-electron chi connectivity index (χ3n) is 3.99. The fourth-order valence-corrected chi connectivity index (χ4v) is 2.80. The lowest BCUT2D eigenvalue weighted by molar-refractivity contribution is 0.0592. The van der Waals surface area contributed by atoms with Crippen molar-refractivity contribution < 1.29 is 23.0 Å². The zero-order valence-electron chi connectivity index (χ0n) is 14.7. The largest absolute Gasteiger partial charge is 0.488 e. The van der Waals surface area contributed by atoms with Gasteiger partial charge in [-0.05, 0) is 42.0 Å². The molecule has 0 aliphatic heterocycles. The Hall–Kier alpha value is -2.70. The molecule has 1 unspecified atom stereocenters. The summed E-state index contributed by atoms with van der Waals surface area (Å²) in [5.74, 6) is 0.0404. The molecule has 0 radical (unpaired) electrons. The lowest BCUT2D eigenvalue weighted by Gasteiger charge is -2.24. The SMILES string of the molecule is OC(COc1ccccc1F)CN(Cc1cccc(F)c1)Cc1ccco1. The van der Waals surface area contributed by atoms with Gasteiger partial charge in [-0.1, -0.05) is 24.3 Å². The highest BCUT2D eigenvalue weighted by molar-refractivity contribution is 5.23. The molecule has 2 aromatic carbocycles. The van der Waals surface area contributed by atoms with Crippen LogP contribution in [0, 0.1) is 11.6 Å². The van der Waals surface area contributed by atoms with Gasteiger partial charge < -0.3 is 14.3 Å². The molecule has 1 heterocycles. The van der Waals surface area contributed by atoms with Crippen molar-refractivity contribution in [3.63, 3.8) is 0 Å². The van der Waals surface area contributed by atoms with Gasteiger partial charge in [0.15, 0.2) is 11.6 Å². The quantitative estimate of drug-likeness (QED) is 0.616. The van der Waals surface area contributed by atoms with Crippen molar-refractivity contribution in [3.8, 4) is 5.75 Å². The standard InChI is InChI=1S/C21H21F2NO3/c22-17-6-3-5-16(11-17)12-24(14-19-7-4-10-26-19)13-18(25)15-27-21-9-2-1-8-20(21)23/h1-11,18,25H,12-15H2. The van der Waals surface area contributed by atoms with Gasteiger partial charge in [-0.2, -0.15) is 0 Å². The molecule has 0 aliphatic carbocycles. The van der Waals surface area contributed by atoms with Crippen LogP contribution in [0.4, 0.5) is 8.78 Å². The summed E-state index contributed by atoms with van der Waals surface area (Å²) in [7, 11) is 0. The van der Waals surface area contributed by atoms with E-state index >= 15 is 0 Å². The van der Waals surface area contributed by atoms with Crippen molar-refractivity contribution in [3.05, 3.63) is 89.9 Å². The molecule has 1 atom stereocenters. The second-order valence-electron chi connectivity index (χ2n) is 6.27. The summed E-state index contributed by atoms with van der Waals surface area (Å²) >= 11 is 0. The average molecular weight is 373 g/mol. The molecule has 0 aliphatic rings. The summed E-state index contributed by atoms with van der Waals surface area (Å²) in [6.07, 6.45) is 0.723. The van der Waals surface area contributed by atoms with Crippen LogP contribution < -0.4 is 4.74 Å². The molecule has 0 saturated carbocycles. The van der Waals surface area contributed by atoms with E-state index in [1.54, 1.807) is 30.5 Å². The van der Waals surface area contributed by atoms with Crippen LogP contribution in [0.3, 0.4) is 0 Å². The second-order valence-corrected chi connectivity index (χ2v) is 6.27. The molecule has 1 aromatic heterocycles. The minimum absolute atomic E-state index is 0.0568. The fourth-order valence-electron chi connectivity index (χ4n) is 2.80. The Morgan fingerprint density at radius 1 is 1.00 bits per heavy atom. The number of aliphatic hydroxyl groups is 1. The topological polar surface area (TPSA) is 45.8 Å². The van der Waals surface area contributed by atoms with Gasteiger partial charge in [-0.15, -0.1) is 0 Å². The normalized spacial score (nSPS) is 12.3. The van der Waals surface area contributed by atoms with Crippen molar-refractivity contribution in [1.29, 1.82) is 0 Å². The first-order valence-electron chi connectivity index (χ1n) is 8.65. The van der Waals surface area contributed by atoms with Gasteiger partial charge in [0.25, 0.3) is 0 Å². The first kappa shape index (κ1) is 19.1. The number of rotatable bonds is 9. The first-order valence-corrected chi connectivity index (χ1v) is 8.65. The highest BCUT2D eigenvalue weighted by atomic mass is 19.1. The van der Waals surface area contributed by atoms with E-state index in [0.717, 1.165) is 11.3 Å². The molecule has 0 spiro atoms. The van der Waals surface area contributed by atoms with Gasteiger partial charge in [-0.3, -0.25) is 4.90 Å². The summed E-state index contributed by atoms with van der Waals surface area (Å²) in [5, 5.41) is 10.3. The maximum Gasteiger partial charge on any atom is 0.165 e. The Labute approximate surface area is 156 Å². The fraction of sp³-hybridized carbons (Fsp3) is 0.238. The molecular weight excluding hydrogens is 352 g/mol. The van der Waals surface area contributed by atoms with Crippen LogP contribution in [0.2, 0.25) is 0 Å². The number of hydrogen-bond donors (Lipinski definition) is 1. The predicted octanol–water partition coefficient (Wildman–Crippen LogP) is 4.00. The summed E-state index contributed by atoms with van der Waals surface area (Å²) < 4.78 is 37.8. The third kappa shape index (κ3) is 5.91. The maximum atomic E-state index is 13.6. The molecule has 3 aromatic rings. The number of benzene rings is 2. The Morgan fingerprint density at radius 3 is 2.59 bits per heavy atom. The van der Waals surface area contributed by atoms with E-state index in [9.17, 15) is 13.9 Å². The van der Waals surface area contributed by atoms with Gasteiger partial charge in [-0.25, -0.2) is 8.78 Å². The molecule has 142 valence electrons. The first-order chi connectivity index (χ1) is 13.1. The molecule has 4 nitrogen and oxygen atoms in total. The zero-order valence-corrected chi connectivity index (χ0v) is 14.7. The van der Waals surface area contributed by atoms with Gasteiger partial charge in [0, 0.05) is 13.1 Å². The van der Waals surface area contributed by atoms with Crippen LogP contribution in [0.5, 0.6) is 5.75 Å². The van der Waals surface area contributed by atoms with Crippen molar-refractivity contribution >= 4 is 0 Å². The highest BCUT2D eigenvalue weighted by Crippen LogP contribution is 2.16. The average Bonchev–Trinajstić information content (AvgIpc) is 3.14. The molecule has 27 heavy (non-hydrogen) atoms.